The number of hydrogen-bond donors (Lipinski definition) is 0. The van der Waals surface area contributed by atoms with E-state index in [9.17, 15) is 0 Å². The Morgan fingerprint density at radius 3 is 1.78 bits per heavy atom. The molecule has 0 bridgehead atoms. The van der Waals surface area contributed by atoms with Crippen molar-refractivity contribution in [2.45, 2.75) is 149 Å². The number of nitrogens with zero attached hydrogens (tertiary/aromatic N) is 2. The van der Waals surface area contributed by atoms with Crippen molar-refractivity contribution in [1.82, 2.24) is 0 Å². The third-order valence-electron chi connectivity index (χ3n) is 15.2. The summed E-state index contributed by atoms with van der Waals surface area (Å²) in [6.07, 6.45) is 2.33. The van der Waals surface area contributed by atoms with Crippen LogP contribution in [0, 0.1) is 6.92 Å². The maximum Gasteiger partial charge on any atom is 0.267 e. The molecule has 0 saturated heterocycles. The number of benzene rings is 6. The van der Waals surface area contributed by atoms with E-state index in [4.69, 9.17) is 4.74 Å². The average Bonchev–Trinajstić information content (AvgIpc) is 3.60. The van der Waals surface area contributed by atoms with E-state index in [1.807, 2.05) is 0 Å². The Morgan fingerprint density at radius 1 is 0.571 bits per heavy atom. The normalized spacial score (nSPS) is 19.4. The van der Waals surface area contributed by atoms with Gasteiger partial charge in [-0.15, -0.1) is 0 Å². The predicted octanol–water partition coefficient (Wildman–Crippen LogP) is 14.5. The lowest BCUT2D eigenvalue weighted by Gasteiger charge is -2.49. The predicted molar refractivity (Wildman–Crippen MR) is 270 cm³/mol. The highest BCUT2D eigenvalue weighted by Gasteiger charge is 2.55. The first-order valence-electron chi connectivity index (χ1n) is 23.6. The second kappa shape index (κ2) is 13.9. The molecule has 0 amide bonds. The van der Waals surface area contributed by atoms with Crippen LogP contribution >= 0.6 is 0 Å². The molecule has 63 heavy (non-hydrogen) atoms. The fraction of sp³-hybridized carbons (Fsp3) is 0.390. The highest BCUT2D eigenvalue weighted by molar-refractivity contribution is 6.91. The maximum absolute atomic E-state index is 7.54. The molecule has 3 aliphatic heterocycles. The third-order valence-corrected chi connectivity index (χ3v) is 15.2. The lowest BCUT2D eigenvalue weighted by Crippen LogP contribution is -2.65. The van der Waals surface area contributed by atoms with Gasteiger partial charge in [0, 0.05) is 33.9 Å². The SMILES string of the molecule is Cc1cc2c3c(c1)N(c1ccc(C(C)(C)C)cc1)C1c4ccc(C(C)(C)C)cc4OC1B3c1cc(C(C)(C)C)ccc1N2c1cc2c(cc1-c1ccccc1)C(C)(C)CCC2(C)C. The molecule has 4 aliphatic rings. The van der Waals surface area contributed by atoms with Crippen molar-refractivity contribution in [3.05, 3.63) is 154 Å². The molecule has 3 heterocycles. The molecule has 10 rings (SSSR count). The molecule has 1 aliphatic carbocycles. The first-order chi connectivity index (χ1) is 29.5. The lowest BCUT2D eigenvalue weighted by atomic mass is 9.32. The van der Waals surface area contributed by atoms with Crippen LogP contribution in [0.3, 0.4) is 0 Å². The molecule has 2 atom stereocenters. The van der Waals surface area contributed by atoms with Gasteiger partial charge in [-0.1, -0.05) is 157 Å². The van der Waals surface area contributed by atoms with Crippen molar-refractivity contribution < 1.29 is 4.74 Å². The molecule has 322 valence electrons. The van der Waals surface area contributed by atoms with Crippen LogP contribution in [0.1, 0.15) is 148 Å². The minimum atomic E-state index is -0.153. The minimum Gasteiger partial charge on any atom is -0.495 e. The number of anilines is 5. The van der Waals surface area contributed by atoms with Gasteiger partial charge in [-0.25, -0.2) is 0 Å². The molecule has 0 aromatic heterocycles. The summed E-state index contributed by atoms with van der Waals surface area (Å²) >= 11 is 0. The number of fused-ring (bicyclic) bond motifs is 7. The molecule has 6 aromatic carbocycles. The molecule has 0 radical (unpaired) electrons. The Balaban J connectivity index is 1.31. The Labute approximate surface area is 379 Å². The van der Waals surface area contributed by atoms with E-state index in [1.165, 1.54) is 95.9 Å². The van der Waals surface area contributed by atoms with Crippen molar-refractivity contribution >= 4 is 46.1 Å². The highest BCUT2D eigenvalue weighted by Crippen LogP contribution is 2.56. The molecule has 3 nitrogen and oxygen atoms in total. The van der Waals surface area contributed by atoms with Gasteiger partial charge in [0.2, 0.25) is 0 Å². The third kappa shape index (κ3) is 6.68. The van der Waals surface area contributed by atoms with Gasteiger partial charge in [0.1, 0.15) is 11.8 Å². The van der Waals surface area contributed by atoms with Gasteiger partial charge in [0.25, 0.3) is 6.71 Å². The summed E-state index contributed by atoms with van der Waals surface area (Å²) in [4.78, 5) is 5.31. The lowest BCUT2D eigenvalue weighted by molar-refractivity contribution is 0.282. The quantitative estimate of drug-likeness (QED) is 0.165. The zero-order valence-corrected chi connectivity index (χ0v) is 40.4. The smallest absolute Gasteiger partial charge is 0.267 e. The van der Waals surface area contributed by atoms with Crippen LogP contribution in [-0.4, -0.2) is 12.7 Å². The van der Waals surface area contributed by atoms with Crippen molar-refractivity contribution in [3.8, 4) is 16.9 Å². The summed E-state index contributed by atoms with van der Waals surface area (Å²) in [6.45, 7) is 33.0. The van der Waals surface area contributed by atoms with E-state index in [-0.39, 0.29) is 45.8 Å². The summed E-state index contributed by atoms with van der Waals surface area (Å²) in [5.74, 6) is 1.02. The summed E-state index contributed by atoms with van der Waals surface area (Å²) in [5.41, 5.74) is 21.0. The van der Waals surface area contributed by atoms with Gasteiger partial charge in [0.05, 0.1) is 11.7 Å². The van der Waals surface area contributed by atoms with E-state index in [1.54, 1.807) is 0 Å². The Bertz CT molecular complexity index is 2790. The Kier molecular flexibility index (Phi) is 9.21. The van der Waals surface area contributed by atoms with Crippen molar-refractivity contribution in [2.75, 3.05) is 9.80 Å². The Morgan fingerprint density at radius 2 is 1.14 bits per heavy atom. The van der Waals surface area contributed by atoms with Crippen LogP contribution in [0.2, 0.25) is 0 Å². The summed E-state index contributed by atoms with van der Waals surface area (Å²) in [7, 11) is 0. The number of hydrogen-bond acceptors (Lipinski definition) is 3. The van der Waals surface area contributed by atoms with Crippen LogP contribution in [0.15, 0.2) is 115 Å². The van der Waals surface area contributed by atoms with Gasteiger partial charge in [0.15, 0.2) is 0 Å². The van der Waals surface area contributed by atoms with Gasteiger partial charge >= 0.3 is 0 Å². The summed E-state index contributed by atoms with van der Waals surface area (Å²) in [6, 6.07) is 44.9. The zero-order chi connectivity index (χ0) is 44.8. The monoisotopic (exact) mass is 831 g/mol. The van der Waals surface area contributed by atoms with Crippen LogP contribution in [-0.2, 0) is 27.1 Å². The standard InChI is InChI=1S/C59H67BN2O/c1-36-30-49-52-50(31-36)62(48-35-45-44(58(11,12)28-29-59(45,13)14)34-43(48)37-18-16-15-17-19-37)47-27-23-39(56(5,6)7)32-46(47)60(52)54-53(42-26-22-40(57(8,9)10)33-51(42)63-54)61(49)41-24-20-38(21-25-41)55(2,3)4/h15-27,30-35,53-54H,28-29H2,1-14H3. The van der Waals surface area contributed by atoms with E-state index in [2.05, 4.69) is 222 Å². The van der Waals surface area contributed by atoms with E-state index < -0.39 is 0 Å². The van der Waals surface area contributed by atoms with Gasteiger partial charge in [-0.05, 0) is 145 Å². The van der Waals surface area contributed by atoms with E-state index in [0.717, 1.165) is 12.2 Å². The molecule has 0 fully saturated rings. The first kappa shape index (κ1) is 41.8. The fourth-order valence-corrected chi connectivity index (χ4v) is 11.3. The number of aryl methyl sites for hydroxylation is 1. The fourth-order valence-electron chi connectivity index (χ4n) is 11.3. The van der Waals surface area contributed by atoms with Crippen molar-refractivity contribution in [2.24, 2.45) is 0 Å². The molecule has 0 saturated carbocycles. The summed E-state index contributed by atoms with van der Waals surface area (Å²) < 4.78 is 7.54. The second-order valence-corrected chi connectivity index (χ2v) is 23.8. The van der Waals surface area contributed by atoms with Crippen LogP contribution < -0.4 is 25.5 Å². The zero-order valence-electron chi connectivity index (χ0n) is 40.4. The van der Waals surface area contributed by atoms with Gasteiger partial charge < -0.3 is 14.5 Å². The first-order valence-corrected chi connectivity index (χ1v) is 23.6. The number of ether oxygens (including phenoxy) is 1. The Hall–Kier alpha value is -5.22. The molecule has 2 unspecified atom stereocenters. The van der Waals surface area contributed by atoms with Gasteiger partial charge in [-0.3, -0.25) is 0 Å². The van der Waals surface area contributed by atoms with Gasteiger partial charge in [-0.2, -0.15) is 0 Å². The topological polar surface area (TPSA) is 15.7 Å². The maximum atomic E-state index is 7.54. The largest absolute Gasteiger partial charge is 0.495 e. The summed E-state index contributed by atoms with van der Waals surface area (Å²) in [5, 5.41) is 0. The minimum absolute atomic E-state index is 0.00193. The van der Waals surface area contributed by atoms with E-state index in [0.29, 0.717) is 0 Å². The average molecular weight is 831 g/mol. The second-order valence-electron chi connectivity index (χ2n) is 23.8. The van der Waals surface area contributed by atoms with Crippen molar-refractivity contribution in [3.63, 3.8) is 0 Å². The van der Waals surface area contributed by atoms with Crippen LogP contribution in [0.4, 0.5) is 28.4 Å². The molecule has 0 N–H and O–H groups in total. The molecule has 0 spiro atoms. The van der Waals surface area contributed by atoms with E-state index >= 15 is 0 Å². The molecule has 4 heteroatoms. The molecular weight excluding hydrogens is 763 g/mol. The molecular formula is C59H67BN2O. The molecule has 6 aromatic rings. The van der Waals surface area contributed by atoms with Crippen LogP contribution in [0.25, 0.3) is 11.1 Å². The van der Waals surface area contributed by atoms with Crippen LogP contribution in [0.5, 0.6) is 5.75 Å². The van der Waals surface area contributed by atoms with Crippen molar-refractivity contribution in [1.29, 1.82) is 0 Å². The highest BCUT2D eigenvalue weighted by atomic mass is 16.5. The number of rotatable bonds is 3.